The lowest BCUT2D eigenvalue weighted by atomic mass is 9.97. The van der Waals surface area contributed by atoms with Crippen LogP contribution in [0.1, 0.15) is 136 Å². The molecule has 0 spiro atoms. The lowest BCUT2D eigenvalue weighted by Gasteiger charge is -2.45. The van der Waals surface area contributed by atoms with E-state index in [1.807, 2.05) is 19.1 Å². The number of ether oxygens (including phenoxy) is 3. The molecule has 2 heterocycles. The summed E-state index contributed by atoms with van der Waals surface area (Å²) < 4.78 is 17.0. The number of aliphatic hydroxyl groups is 6. The van der Waals surface area contributed by atoms with Crippen LogP contribution < -0.4 is 10.6 Å². The van der Waals surface area contributed by atoms with Gasteiger partial charge in [0, 0.05) is 29.1 Å². The van der Waals surface area contributed by atoms with Gasteiger partial charge in [-0.25, -0.2) is 0 Å². The highest BCUT2D eigenvalue weighted by Crippen LogP contribution is 2.28. The van der Waals surface area contributed by atoms with Crippen LogP contribution in [0.15, 0.2) is 53.4 Å². The summed E-state index contributed by atoms with van der Waals surface area (Å²) in [6.45, 7) is 3.62. The summed E-state index contributed by atoms with van der Waals surface area (Å²) in [5, 5.41) is 69.0. The number of carbonyl (C=O) groups is 2. The van der Waals surface area contributed by atoms with Crippen LogP contribution in [0.5, 0.6) is 0 Å². The molecular weight excluding hydrogens is 777 g/mol. The van der Waals surface area contributed by atoms with Crippen LogP contribution >= 0.6 is 11.8 Å². The quantitative estimate of drug-likeness (QED) is 0.0458. The molecular formula is C45H70N2O11S. The summed E-state index contributed by atoms with van der Waals surface area (Å²) >= 11 is 1.76. The van der Waals surface area contributed by atoms with E-state index >= 15 is 0 Å². The molecule has 0 unspecified atom stereocenters. The van der Waals surface area contributed by atoms with E-state index in [1.54, 1.807) is 48.2 Å². The second kappa shape index (κ2) is 26.6. The van der Waals surface area contributed by atoms with Gasteiger partial charge in [0.05, 0.1) is 0 Å². The molecule has 2 fully saturated rings. The first-order valence-electron chi connectivity index (χ1n) is 21.9. The van der Waals surface area contributed by atoms with Crippen molar-refractivity contribution < 1.29 is 54.4 Å². The summed E-state index contributed by atoms with van der Waals surface area (Å²) in [6.07, 6.45) is 5.26. The minimum absolute atomic E-state index is 0.261. The van der Waals surface area contributed by atoms with E-state index < -0.39 is 73.2 Å². The fraction of sp³-hybridized carbons (Fsp3) is 0.689. The number of rotatable bonds is 26. The molecule has 2 saturated heterocycles. The first-order chi connectivity index (χ1) is 28.5. The monoisotopic (exact) mass is 846 g/mol. The SMILES string of the molecule is CCCCCCCCCCCCCCCCCCSc1ccc(C(=O)NC[C@H]2O[C@H](O[C@H]3O[C@H](CNC(=O)c4ccc(C)cc4)[C@@H](O)[C@H](O)[C@H]3O)[C@H](O)[C@@H](O)[C@@H]2O)cc1. The normalized spacial score (nSPS) is 27.1. The molecule has 0 saturated carbocycles. The van der Waals surface area contributed by atoms with Gasteiger partial charge in [-0.05, 0) is 55.5 Å². The van der Waals surface area contributed by atoms with Crippen molar-refractivity contribution in [2.45, 2.75) is 183 Å². The molecule has 4 rings (SSSR count). The molecule has 14 heteroatoms. The van der Waals surface area contributed by atoms with Crippen molar-refractivity contribution in [3.8, 4) is 0 Å². The largest absolute Gasteiger partial charge is 0.388 e. The maximum atomic E-state index is 13.0. The highest BCUT2D eigenvalue weighted by atomic mass is 32.2. The zero-order valence-electron chi connectivity index (χ0n) is 35.0. The maximum absolute atomic E-state index is 13.0. The molecule has 2 aliphatic rings. The highest BCUT2D eigenvalue weighted by Gasteiger charge is 2.49. The van der Waals surface area contributed by atoms with Crippen LogP contribution in [0, 0.1) is 6.92 Å². The Balaban J connectivity index is 1.12. The van der Waals surface area contributed by atoms with Gasteiger partial charge in [-0.3, -0.25) is 9.59 Å². The highest BCUT2D eigenvalue weighted by molar-refractivity contribution is 7.99. The number of aryl methyl sites for hydroxylation is 1. The molecule has 2 amide bonds. The third-order valence-electron chi connectivity index (χ3n) is 11.2. The topological polar surface area (TPSA) is 207 Å². The van der Waals surface area contributed by atoms with E-state index in [0.717, 1.165) is 22.6 Å². The molecule has 332 valence electrons. The fourth-order valence-electron chi connectivity index (χ4n) is 7.37. The molecule has 8 N–H and O–H groups in total. The molecule has 0 radical (unpaired) electrons. The Hall–Kier alpha value is -2.63. The summed E-state index contributed by atoms with van der Waals surface area (Å²) in [5.41, 5.74) is 1.72. The fourth-order valence-corrected chi connectivity index (χ4v) is 8.28. The Morgan fingerprint density at radius 3 is 1.32 bits per heavy atom. The van der Waals surface area contributed by atoms with E-state index in [4.69, 9.17) is 14.2 Å². The minimum Gasteiger partial charge on any atom is -0.388 e. The van der Waals surface area contributed by atoms with Crippen molar-refractivity contribution in [1.82, 2.24) is 10.6 Å². The molecule has 0 aromatic heterocycles. The Bertz CT molecular complexity index is 1490. The lowest BCUT2D eigenvalue weighted by molar-refractivity contribution is -0.372. The van der Waals surface area contributed by atoms with Crippen molar-refractivity contribution in [1.29, 1.82) is 0 Å². The molecule has 59 heavy (non-hydrogen) atoms. The Morgan fingerprint density at radius 1 is 0.542 bits per heavy atom. The second-order valence-electron chi connectivity index (χ2n) is 16.1. The van der Waals surface area contributed by atoms with E-state index in [-0.39, 0.29) is 13.1 Å². The summed E-state index contributed by atoms with van der Waals surface area (Å²) in [6, 6.07) is 14.0. The van der Waals surface area contributed by atoms with Crippen molar-refractivity contribution >= 4 is 23.6 Å². The van der Waals surface area contributed by atoms with Crippen molar-refractivity contribution in [3.05, 3.63) is 65.2 Å². The van der Waals surface area contributed by atoms with Crippen molar-refractivity contribution in [2.75, 3.05) is 18.8 Å². The molecule has 2 aromatic rings. The van der Waals surface area contributed by atoms with Crippen LogP contribution in [0.2, 0.25) is 0 Å². The number of aliphatic hydroxyl groups excluding tert-OH is 6. The molecule has 0 aliphatic carbocycles. The Kier molecular flexibility index (Phi) is 22.1. The predicted octanol–water partition coefficient (Wildman–Crippen LogP) is 5.14. The van der Waals surface area contributed by atoms with Crippen LogP contribution in [0.25, 0.3) is 0 Å². The summed E-state index contributed by atoms with van der Waals surface area (Å²) in [5.74, 6) is 0.112. The first kappa shape index (κ1) is 49.0. The molecule has 13 nitrogen and oxygen atoms in total. The molecule has 2 aromatic carbocycles. The van der Waals surface area contributed by atoms with E-state index in [0.29, 0.717) is 11.1 Å². The van der Waals surface area contributed by atoms with E-state index in [1.165, 1.54) is 96.3 Å². The maximum Gasteiger partial charge on any atom is 0.251 e. The van der Waals surface area contributed by atoms with Crippen molar-refractivity contribution in [3.63, 3.8) is 0 Å². The number of nitrogens with one attached hydrogen (secondary N) is 2. The molecule has 2 aliphatic heterocycles. The number of hydrogen-bond acceptors (Lipinski definition) is 12. The van der Waals surface area contributed by atoms with Gasteiger partial charge in [0.2, 0.25) is 0 Å². The van der Waals surface area contributed by atoms with Crippen LogP contribution in [0.4, 0.5) is 0 Å². The van der Waals surface area contributed by atoms with Gasteiger partial charge in [-0.2, -0.15) is 0 Å². The number of benzene rings is 2. The van der Waals surface area contributed by atoms with Gasteiger partial charge in [0.1, 0.15) is 48.8 Å². The number of amides is 2. The van der Waals surface area contributed by atoms with Gasteiger partial charge in [-0.15, -0.1) is 11.8 Å². The first-order valence-corrected chi connectivity index (χ1v) is 22.9. The zero-order chi connectivity index (χ0) is 42.6. The number of thioether (sulfide) groups is 1. The zero-order valence-corrected chi connectivity index (χ0v) is 35.8. The van der Waals surface area contributed by atoms with Gasteiger partial charge in [0.15, 0.2) is 12.6 Å². The summed E-state index contributed by atoms with van der Waals surface area (Å²) in [4.78, 5) is 26.7. The predicted molar refractivity (Wildman–Crippen MR) is 227 cm³/mol. The van der Waals surface area contributed by atoms with Gasteiger partial charge in [-0.1, -0.05) is 121 Å². The standard InChI is InChI=1S/C45H70N2O11S/c1-3-4-5-6-7-8-9-10-11-12-13-14-15-16-17-18-27-59-33-25-23-32(24-26-33)43(55)47-29-35-37(49)39(51)41(53)45(57-35)58-44-40(52)38(50)36(48)34(56-44)28-46-42(54)31-21-19-30(2)20-22-31/h19-26,34-41,44-45,48-53H,3-18,27-29H2,1-2H3,(H,46,54)(H,47,55)/t34-,35-,36-,37-,38+,39+,40-,41-,44-,45-/m1/s1. The van der Waals surface area contributed by atoms with Gasteiger partial charge >= 0.3 is 0 Å². The average molecular weight is 847 g/mol. The van der Waals surface area contributed by atoms with E-state index in [2.05, 4.69) is 17.6 Å². The average Bonchev–Trinajstić information content (AvgIpc) is 3.24. The second-order valence-corrected chi connectivity index (χ2v) is 17.3. The van der Waals surface area contributed by atoms with E-state index in [9.17, 15) is 40.2 Å². The summed E-state index contributed by atoms with van der Waals surface area (Å²) in [7, 11) is 0. The van der Waals surface area contributed by atoms with Crippen molar-refractivity contribution in [2.24, 2.45) is 0 Å². The minimum atomic E-state index is -1.80. The van der Waals surface area contributed by atoms with Gasteiger partial charge < -0.3 is 55.5 Å². The third-order valence-corrected chi connectivity index (χ3v) is 12.3. The lowest BCUT2D eigenvalue weighted by Crippen LogP contribution is -2.64. The van der Waals surface area contributed by atoms with Crippen LogP contribution in [-0.4, -0.2) is 123 Å². The Labute approximate surface area is 354 Å². The molecule has 10 atom stereocenters. The smallest absolute Gasteiger partial charge is 0.251 e. The Morgan fingerprint density at radius 2 is 0.915 bits per heavy atom. The van der Waals surface area contributed by atoms with Crippen LogP contribution in [-0.2, 0) is 14.2 Å². The third kappa shape index (κ3) is 16.3. The number of unbranched alkanes of at least 4 members (excludes halogenated alkanes) is 15. The van der Waals surface area contributed by atoms with Gasteiger partial charge in [0.25, 0.3) is 11.8 Å². The number of hydrogen-bond donors (Lipinski definition) is 8. The molecule has 0 bridgehead atoms. The van der Waals surface area contributed by atoms with Crippen LogP contribution in [0.3, 0.4) is 0 Å². The number of carbonyl (C=O) groups excluding carboxylic acids is 2.